The fourth-order valence-electron chi connectivity index (χ4n) is 0.794. The van der Waals surface area contributed by atoms with Crippen LogP contribution >= 0.6 is 15.9 Å². The molecule has 0 fully saturated rings. The zero-order valence-corrected chi connectivity index (χ0v) is 8.04. The van der Waals surface area contributed by atoms with Crippen molar-refractivity contribution in [3.8, 4) is 0 Å². The maximum atomic E-state index is 10.9. The SMILES string of the molecule is NC(C(=O)O)c1c[nH]c(=O)c(Br)c1. The predicted octanol–water partition coefficient (Wildman–Crippen LogP) is 0.222. The molecule has 1 unspecified atom stereocenters. The van der Waals surface area contributed by atoms with Gasteiger partial charge in [-0.05, 0) is 27.6 Å². The number of hydrogen-bond acceptors (Lipinski definition) is 3. The number of nitrogens with two attached hydrogens (primary N) is 1. The second-order valence-electron chi connectivity index (χ2n) is 2.43. The van der Waals surface area contributed by atoms with Crippen LogP contribution in [0.1, 0.15) is 11.6 Å². The van der Waals surface area contributed by atoms with Gasteiger partial charge in [-0.2, -0.15) is 0 Å². The molecule has 6 heteroatoms. The second kappa shape index (κ2) is 3.71. The number of aromatic amines is 1. The number of aliphatic carboxylic acids is 1. The van der Waals surface area contributed by atoms with Gasteiger partial charge in [0.2, 0.25) is 0 Å². The number of carboxylic acids is 1. The molecule has 1 aromatic heterocycles. The van der Waals surface area contributed by atoms with Crippen LogP contribution in [0.2, 0.25) is 0 Å². The van der Waals surface area contributed by atoms with Gasteiger partial charge in [0.1, 0.15) is 6.04 Å². The average Bonchev–Trinajstić information content (AvgIpc) is 2.08. The number of aromatic nitrogens is 1. The van der Waals surface area contributed by atoms with E-state index in [1.54, 1.807) is 0 Å². The van der Waals surface area contributed by atoms with E-state index in [1.165, 1.54) is 12.3 Å². The number of hydrogen-bond donors (Lipinski definition) is 3. The standard InChI is InChI=1S/C7H7BrN2O3/c8-4-1-3(2-10-6(4)11)5(9)7(12)13/h1-2,5H,9H2,(H,10,11)(H,12,13). The Bertz CT molecular complexity index is 388. The molecule has 70 valence electrons. The summed E-state index contributed by atoms with van der Waals surface area (Å²) < 4.78 is 0.265. The van der Waals surface area contributed by atoms with Crippen LogP contribution in [0.15, 0.2) is 21.5 Å². The van der Waals surface area contributed by atoms with Gasteiger partial charge in [0.15, 0.2) is 0 Å². The summed E-state index contributed by atoms with van der Waals surface area (Å²) in [5.41, 5.74) is 5.34. The van der Waals surface area contributed by atoms with E-state index in [-0.39, 0.29) is 10.0 Å². The third kappa shape index (κ3) is 2.16. The Morgan fingerprint density at radius 1 is 1.69 bits per heavy atom. The molecular weight excluding hydrogens is 240 g/mol. The first-order valence-electron chi connectivity index (χ1n) is 3.39. The number of pyridine rings is 1. The summed E-state index contributed by atoms with van der Waals surface area (Å²) in [5, 5.41) is 8.56. The van der Waals surface area contributed by atoms with Crippen LogP contribution in [0, 0.1) is 0 Å². The highest BCUT2D eigenvalue weighted by Crippen LogP contribution is 2.11. The molecule has 0 aliphatic heterocycles. The van der Waals surface area contributed by atoms with E-state index in [4.69, 9.17) is 10.8 Å². The van der Waals surface area contributed by atoms with E-state index in [0.29, 0.717) is 5.56 Å². The lowest BCUT2D eigenvalue weighted by molar-refractivity contribution is -0.138. The van der Waals surface area contributed by atoms with Crippen LogP contribution < -0.4 is 11.3 Å². The number of carboxylic acid groups (broad SMARTS) is 1. The Morgan fingerprint density at radius 2 is 2.31 bits per heavy atom. The second-order valence-corrected chi connectivity index (χ2v) is 3.28. The molecule has 1 rings (SSSR count). The summed E-state index contributed by atoms with van der Waals surface area (Å²) in [5.74, 6) is -1.14. The monoisotopic (exact) mass is 246 g/mol. The third-order valence-electron chi connectivity index (χ3n) is 1.51. The van der Waals surface area contributed by atoms with E-state index in [1.807, 2.05) is 0 Å². The topological polar surface area (TPSA) is 96.2 Å². The molecule has 0 amide bonds. The van der Waals surface area contributed by atoms with Gasteiger partial charge in [-0.1, -0.05) is 0 Å². The van der Waals surface area contributed by atoms with E-state index in [0.717, 1.165) is 0 Å². The molecule has 1 atom stereocenters. The van der Waals surface area contributed by atoms with Crippen molar-refractivity contribution in [2.24, 2.45) is 5.73 Å². The first kappa shape index (κ1) is 9.94. The fourth-order valence-corrected chi connectivity index (χ4v) is 1.17. The predicted molar refractivity (Wildman–Crippen MR) is 49.3 cm³/mol. The minimum Gasteiger partial charge on any atom is -0.480 e. The molecular formula is C7H7BrN2O3. The quantitative estimate of drug-likeness (QED) is 0.696. The largest absolute Gasteiger partial charge is 0.480 e. The minimum absolute atomic E-state index is 0.265. The Kier molecular flexibility index (Phi) is 2.84. The molecule has 0 aromatic carbocycles. The van der Waals surface area contributed by atoms with Crippen molar-refractivity contribution in [1.82, 2.24) is 4.98 Å². The summed E-state index contributed by atoms with van der Waals surface area (Å²) in [6.07, 6.45) is 1.28. The Hall–Kier alpha value is -1.14. The molecule has 0 radical (unpaired) electrons. The maximum Gasteiger partial charge on any atom is 0.325 e. The smallest absolute Gasteiger partial charge is 0.325 e. The zero-order valence-electron chi connectivity index (χ0n) is 6.45. The van der Waals surface area contributed by atoms with E-state index in [2.05, 4.69) is 20.9 Å². The van der Waals surface area contributed by atoms with Gasteiger partial charge in [-0.15, -0.1) is 0 Å². The summed E-state index contributed by atoms with van der Waals surface area (Å²) in [4.78, 5) is 23.7. The summed E-state index contributed by atoms with van der Waals surface area (Å²) >= 11 is 2.97. The van der Waals surface area contributed by atoms with Crippen LogP contribution in [0.3, 0.4) is 0 Å². The third-order valence-corrected chi connectivity index (χ3v) is 2.09. The summed E-state index contributed by atoms with van der Waals surface area (Å²) in [7, 11) is 0. The maximum absolute atomic E-state index is 10.9. The normalized spacial score (nSPS) is 12.5. The van der Waals surface area contributed by atoms with Crippen molar-refractivity contribution in [3.63, 3.8) is 0 Å². The van der Waals surface area contributed by atoms with Gasteiger partial charge in [-0.25, -0.2) is 0 Å². The van der Waals surface area contributed by atoms with Crippen molar-refractivity contribution in [2.75, 3.05) is 0 Å². The summed E-state index contributed by atoms with van der Waals surface area (Å²) in [6.45, 7) is 0. The van der Waals surface area contributed by atoms with Crippen LogP contribution in [-0.4, -0.2) is 16.1 Å². The van der Waals surface area contributed by atoms with Crippen molar-refractivity contribution < 1.29 is 9.90 Å². The van der Waals surface area contributed by atoms with Crippen LogP contribution in [0.4, 0.5) is 0 Å². The van der Waals surface area contributed by atoms with Crippen molar-refractivity contribution in [3.05, 3.63) is 32.7 Å². The highest BCUT2D eigenvalue weighted by atomic mass is 79.9. The van der Waals surface area contributed by atoms with Gasteiger partial charge in [-0.3, -0.25) is 9.59 Å². The first-order valence-corrected chi connectivity index (χ1v) is 4.18. The molecule has 1 heterocycles. The first-order chi connectivity index (χ1) is 6.02. The van der Waals surface area contributed by atoms with Gasteiger partial charge < -0.3 is 15.8 Å². The molecule has 0 bridgehead atoms. The Labute approximate surface area is 81.7 Å². The lowest BCUT2D eigenvalue weighted by atomic mass is 10.1. The van der Waals surface area contributed by atoms with Crippen molar-refractivity contribution >= 4 is 21.9 Å². The molecule has 5 nitrogen and oxygen atoms in total. The highest BCUT2D eigenvalue weighted by molar-refractivity contribution is 9.10. The molecule has 0 aliphatic carbocycles. The fraction of sp³-hybridized carbons (Fsp3) is 0.143. The number of nitrogens with one attached hydrogen (secondary N) is 1. The van der Waals surface area contributed by atoms with Crippen molar-refractivity contribution in [1.29, 1.82) is 0 Å². The van der Waals surface area contributed by atoms with Crippen LogP contribution in [0.25, 0.3) is 0 Å². The van der Waals surface area contributed by atoms with Crippen LogP contribution in [0.5, 0.6) is 0 Å². The van der Waals surface area contributed by atoms with Gasteiger partial charge in [0, 0.05) is 6.20 Å². The number of H-pyrrole nitrogens is 1. The number of rotatable bonds is 2. The molecule has 0 saturated carbocycles. The van der Waals surface area contributed by atoms with Gasteiger partial charge >= 0.3 is 5.97 Å². The molecule has 0 saturated heterocycles. The molecule has 0 spiro atoms. The summed E-state index contributed by atoms with van der Waals surface area (Å²) in [6, 6.07) is 0.269. The Morgan fingerprint density at radius 3 is 2.77 bits per heavy atom. The van der Waals surface area contributed by atoms with Gasteiger partial charge in [0.25, 0.3) is 5.56 Å². The van der Waals surface area contributed by atoms with E-state index in [9.17, 15) is 9.59 Å². The average molecular weight is 247 g/mol. The van der Waals surface area contributed by atoms with Crippen molar-refractivity contribution in [2.45, 2.75) is 6.04 Å². The highest BCUT2D eigenvalue weighted by Gasteiger charge is 2.14. The molecule has 0 aliphatic rings. The van der Waals surface area contributed by atoms with E-state index >= 15 is 0 Å². The molecule has 13 heavy (non-hydrogen) atoms. The van der Waals surface area contributed by atoms with E-state index < -0.39 is 12.0 Å². The number of halogens is 1. The lowest BCUT2D eigenvalue weighted by Crippen LogP contribution is -2.22. The van der Waals surface area contributed by atoms with Gasteiger partial charge in [0.05, 0.1) is 4.47 Å². The molecule has 4 N–H and O–H groups in total. The Balaban J connectivity index is 3.11. The molecule has 1 aromatic rings. The number of carbonyl (C=O) groups is 1. The van der Waals surface area contributed by atoms with Crippen LogP contribution in [-0.2, 0) is 4.79 Å². The lowest BCUT2D eigenvalue weighted by Gasteiger charge is -2.05. The minimum atomic E-state index is -1.14. The zero-order chi connectivity index (χ0) is 10.0.